The zero-order valence-electron chi connectivity index (χ0n) is 9.54. The summed E-state index contributed by atoms with van der Waals surface area (Å²) in [5, 5.41) is 8.72. The predicted molar refractivity (Wildman–Crippen MR) is 65.3 cm³/mol. The van der Waals surface area contributed by atoms with Gasteiger partial charge in [0.25, 0.3) is 0 Å². The molecular formula is C13H12N4. The lowest BCUT2D eigenvalue weighted by atomic mass is 10.2. The number of hydrogen-bond donors (Lipinski definition) is 0. The Labute approximate surface area is 100 Å². The van der Waals surface area contributed by atoms with Gasteiger partial charge in [0, 0.05) is 25.1 Å². The molecule has 0 aliphatic heterocycles. The standard InChI is InChI=1S/C13H12N4/c1-17(10-13-15-7-2-8-16-13)12-5-3-11(9-14)4-6-12/h2-8H,10H2,1H3. The highest BCUT2D eigenvalue weighted by molar-refractivity contribution is 5.48. The van der Waals surface area contributed by atoms with Gasteiger partial charge < -0.3 is 4.90 Å². The fraction of sp³-hybridized carbons (Fsp3) is 0.154. The Morgan fingerprint density at radius 2 is 1.82 bits per heavy atom. The molecule has 17 heavy (non-hydrogen) atoms. The molecule has 0 saturated carbocycles. The molecule has 0 unspecified atom stereocenters. The Balaban J connectivity index is 2.10. The first-order chi connectivity index (χ1) is 8.29. The van der Waals surface area contributed by atoms with Crippen LogP contribution in [0.25, 0.3) is 0 Å². The largest absolute Gasteiger partial charge is 0.367 e. The SMILES string of the molecule is CN(Cc1ncccn1)c1ccc(C#N)cc1. The zero-order valence-corrected chi connectivity index (χ0v) is 9.54. The van der Waals surface area contributed by atoms with Crippen molar-refractivity contribution in [2.75, 3.05) is 11.9 Å². The normalized spacial score (nSPS) is 9.65. The number of anilines is 1. The lowest BCUT2D eigenvalue weighted by Gasteiger charge is -2.18. The van der Waals surface area contributed by atoms with Crippen LogP contribution in [0.4, 0.5) is 5.69 Å². The van der Waals surface area contributed by atoms with Crippen LogP contribution in [0.15, 0.2) is 42.7 Å². The van der Waals surface area contributed by atoms with Crippen molar-refractivity contribution < 1.29 is 0 Å². The molecule has 4 heteroatoms. The Bertz CT molecular complexity index is 513. The highest BCUT2D eigenvalue weighted by Gasteiger charge is 2.03. The smallest absolute Gasteiger partial charge is 0.147 e. The molecule has 2 aromatic rings. The predicted octanol–water partition coefficient (Wildman–Crippen LogP) is 1.98. The molecule has 0 N–H and O–H groups in total. The third-order valence-corrected chi connectivity index (χ3v) is 2.44. The first kappa shape index (κ1) is 11.1. The quantitative estimate of drug-likeness (QED) is 0.800. The number of nitriles is 1. The molecule has 0 fully saturated rings. The van der Waals surface area contributed by atoms with Crippen molar-refractivity contribution >= 4 is 5.69 Å². The summed E-state index contributed by atoms with van der Waals surface area (Å²) >= 11 is 0. The van der Waals surface area contributed by atoms with Crippen molar-refractivity contribution in [3.05, 3.63) is 54.1 Å². The molecule has 0 radical (unpaired) electrons. The van der Waals surface area contributed by atoms with E-state index in [1.54, 1.807) is 30.6 Å². The van der Waals surface area contributed by atoms with Gasteiger partial charge in [0.05, 0.1) is 18.2 Å². The van der Waals surface area contributed by atoms with Crippen LogP contribution in [0.1, 0.15) is 11.4 Å². The maximum absolute atomic E-state index is 8.72. The van der Waals surface area contributed by atoms with E-state index in [0.717, 1.165) is 11.5 Å². The van der Waals surface area contributed by atoms with E-state index in [0.29, 0.717) is 12.1 Å². The third-order valence-electron chi connectivity index (χ3n) is 2.44. The molecule has 0 aliphatic rings. The van der Waals surface area contributed by atoms with Gasteiger partial charge in [-0.3, -0.25) is 0 Å². The van der Waals surface area contributed by atoms with Gasteiger partial charge in [-0.1, -0.05) is 0 Å². The maximum Gasteiger partial charge on any atom is 0.147 e. The van der Waals surface area contributed by atoms with Gasteiger partial charge >= 0.3 is 0 Å². The molecule has 0 spiro atoms. The van der Waals surface area contributed by atoms with Gasteiger partial charge in [0.15, 0.2) is 0 Å². The summed E-state index contributed by atoms with van der Waals surface area (Å²) in [6.45, 7) is 0.646. The number of nitrogens with zero attached hydrogens (tertiary/aromatic N) is 4. The fourth-order valence-corrected chi connectivity index (χ4v) is 1.51. The van der Waals surface area contributed by atoms with Crippen LogP contribution >= 0.6 is 0 Å². The highest BCUT2D eigenvalue weighted by Crippen LogP contribution is 2.14. The highest BCUT2D eigenvalue weighted by atomic mass is 15.1. The molecule has 1 heterocycles. The second kappa shape index (κ2) is 5.08. The van der Waals surface area contributed by atoms with Crippen LogP contribution in [-0.2, 0) is 6.54 Å². The first-order valence-electron chi connectivity index (χ1n) is 5.27. The minimum absolute atomic E-state index is 0.646. The second-order valence-corrected chi connectivity index (χ2v) is 3.68. The molecule has 0 aliphatic carbocycles. The number of hydrogen-bond acceptors (Lipinski definition) is 4. The minimum atomic E-state index is 0.646. The van der Waals surface area contributed by atoms with Gasteiger partial charge in [-0.25, -0.2) is 9.97 Å². The van der Waals surface area contributed by atoms with Gasteiger partial charge in [-0.2, -0.15) is 5.26 Å². The van der Waals surface area contributed by atoms with E-state index in [-0.39, 0.29) is 0 Å². The molecule has 2 rings (SSSR count). The van der Waals surface area contributed by atoms with Gasteiger partial charge in [0.1, 0.15) is 5.82 Å². The van der Waals surface area contributed by atoms with E-state index in [4.69, 9.17) is 5.26 Å². The average Bonchev–Trinajstić information content (AvgIpc) is 2.40. The Hall–Kier alpha value is -2.41. The monoisotopic (exact) mass is 224 g/mol. The lowest BCUT2D eigenvalue weighted by molar-refractivity contribution is 0.837. The van der Waals surface area contributed by atoms with Crippen molar-refractivity contribution in [1.82, 2.24) is 9.97 Å². The Kier molecular flexibility index (Phi) is 3.31. The van der Waals surface area contributed by atoms with Crippen LogP contribution in [0.5, 0.6) is 0 Å². The number of aromatic nitrogens is 2. The van der Waals surface area contributed by atoms with E-state index in [1.807, 2.05) is 24.1 Å². The van der Waals surface area contributed by atoms with Crippen molar-refractivity contribution in [3.8, 4) is 6.07 Å². The van der Waals surface area contributed by atoms with Crippen molar-refractivity contribution in [1.29, 1.82) is 5.26 Å². The van der Waals surface area contributed by atoms with Crippen molar-refractivity contribution in [2.45, 2.75) is 6.54 Å². The van der Waals surface area contributed by atoms with Gasteiger partial charge in [-0.15, -0.1) is 0 Å². The molecule has 84 valence electrons. The van der Waals surface area contributed by atoms with Crippen LogP contribution in [0, 0.1) is 11.3 Å². The zero-order chi connectivity index (χ0) is 12.1. The Morgan fingerprint density at radius 1 is 1.18 bits per heavy atom. The molecular weight excluding hydrogens is 212 g/mol. The number of rotatable bonds is 3. The van der Waals surface area contributed by atoms with E-state index in [9.17, 15) is 0 Å². The van der Waals surface area contributed by atoms with Crippen molar-refractivity contribution in [2.24, 2.45) is 0 Å². The topological polar surface area (TPSA) is 52.8 Å². The lowest BCUT2D eigenvalue weighted by Crippen LogP contribution is -2.17. The summed E-state index contributed by atoms with van der Waals surface area (Å²) in [5.74, 6) is 0.777. The molecule has 0 saturated heterocycles. The van der Waals surface area contributed by atoms with Crippen molar-refractivity contribution in [3.63, 3.8) is 0 Å². The van der Waals surface area contributed by atoms with E-state index < -0.39 is 0 Å². The van der Waals surface area contributed by atoms with Gasteiger partial charge in [-0.05, 0) is 30.3 Å². The van der Waals surface area contributed by atoms with E-state index in [2.05, 4.69) is 16.0 Å². The van der Waals surface area contributed by atoms with Crippen LogP contribution < -0.4 is 4.90 Å². The summed E-state index contributed by atoms with van der Waals surface area (Å²) < 4.78 is 0. The summed E-state index contributed by atoms with van der Waals surface area (Å²) in [5.41, 5.74) is 1.70. The molecule has 0 atom stereocenters. The number of benzene rings is 1. The molecule has 4 nitrogen and oxygen atoms in total. The average molecular weight is 224 g/mol. The third kappa shape index (κ3) is 2.79. The minimum Gasteiger partial charge on any atom is -0.367 e. The van der Waals surface area contributed by atoms with E-state index in [1.165, 1.54) is 0 Å². The van der Waals surface area contributed by atoms with Crippen LogP contribution in [-0.4, -0.2) is 17.0 Å². The molecule has 1 aromatic heterocycles. The summed E-state index contributed by atoms with van der Waals surface area (Å²) in [6, 6.07) is 11.3. The summed E-state index contributed by atoms with van der Waals surface area (Å²) in [4.78, 5) is 10.4. The first-order valence-corrected chi connectivity index (χ1v) is 5.27. The van der Waals surface area contributed by atoms with Crippen LogP contribution in [0.3, 0.4) is 0 Å². The Morgan fingerprint density at radius 3 is 2.41 bits per heavy atom. The van der Waals surface area contributed by atoms with E-state index >= 15 is 0 Å². The van der Waals surface area contributed by atoms with Gasteiger partial charge in [0.2, 0.25) is 0 Å². The molecule has 0 bridgehead atoms. The van der Waals surface area contributed by atoms with Crippen LogP contribution in [0.2, 0.25) is 0 Å². The second-order valence-electron chi connectivity index (χ2n) is 3.68. The molecule has 1 aromatic carbocycles. The molecule has 0 amide bonds. The fourth-order valence-electron chi connectivity index (χ4n) is 1.51. The summed E-state index contributed by atoms with van der Waals surface area (Å²) in [6.07, 6.45) is 3.46. The maximum atomic E-state index is 8.72. The summed E-state index contributed by atoms with van der Waals surface area (Å²) in [7, 11) is 1.97.